The normalized spacial score (nSPS) is 25.1. The summed E-state index contributed by atoms with van der Waals surface area (Å²) < 4.78 is 3.13. The predicted molar refractivity (Wildman–Crippen MR) is 84.8 cm³/mol. The van der Waals surface area contributed by atoms with Gasteiger partial charge >= 0.3 is 0 Å². The van der Waals surface area contributed by atoms with Crippen LogP contribution >= 0.6 is 12.2 Å². The minimum Gasteiger partial charge on any atom is -0.338 e. The molecule has 1 N–H and O–H groups in total. The van der Waals surface area contributed by atoms with Crippen LogP contribution in [-0.4, -0.2) is 27.4 Å². The summed E-state index contributed by atoms with van der Waals surface area (Å²) in [5.74, 6) is 1.11. The van der Waals surface area contributed by atoms with Gasteiger partial charge in [0.15, 0.2) is 4.77 Å². The van der Waals surface area contributed by atoms with Crippen molar-refractivity contribution in [3.63, 3.8) is 0 Å². The van der Waals surface area contributed by atoms with Gasteiger partial charge in [-0.05, 0) is 50.7 Å². The number of hydrogen-bond donors (Lipinski definition) is 1. The molecule has 0 aromatic carbocycles. The molecule has 1 aliphatic carbocycles. The summed E-state index contributed by atoms with van der Waals surface area (Å²) in [6.07, 6.45) is 11.7. The van der Waals surface area contributed by atoms with Gasteiger partial charge in [0.2, 0.25) is 5.95 Å². The Morgan fingerprint density at radius 2 is 1.90 bits per heavy atom. The Morgan fingerprint density at radius 3 is 2.65 bits per heavy atom. The smallest absolute Gasteiger partial charge is 0.226 e. The quantitative estimate of drug-likeness (QED) is 0.848. The van der Waals surface area contributed by atoms with E-state index in [4.69, 9.17) is 12.2 Å². The van der Waals surface area contributed by atoms with E-state index in [9.17, 15) is 0 Å². The Kier molecular flexibility index (Phi) is 4.44. The topological polar surface area (TPSA) is 36.9 Å². The number of piperidine rings is 1. The van der Waals surface area contributed by atoms with Crippen LogP contribution in [-0.2, 0) is 0 Å². The van der Waals surface area contributed by atoms with Gasteiger partial charge < -0.3 is 4.90 Å². The molecule has 1 aromatic heterocycles. The molecule has 1 aliphatic heterocycles. The van der Waals surface area contributed by atoms with Crippen LogP contribution < -0.4 is 4.90 Å². The lowest BCUT2D eigenvalue weighted by molar-refractivity contribution is 0.343. The SMILES string of the molecule is CCC1CCCCN1c1n[nH]c(=S)n1C1CCCCC1. The Morgan fingerprint density at radius 1 is 1.15 bits per heavy atom. The highest BCUT2D eigenvalue weighted by atomic mass is 32.1. The van der Waals surface area contributed by atoms with Crippen molar-refractivity contribution in [3.05, 3.63) is 4.77 Å². The molecule has 20 heavy (non-hydrogen) atoms. The Bertz CT molecular complexity index is 486. The first-order chi connectivity index (χ1) is 9.81. The molecule has 1 saturated carbocycles. The van der Waals surface area contributed by atoms with E-state index >= 15 is 0 Å². The van der Waals surface area contributed by atoms with E-state index in [2.05, 4.69) is 26.6 Å². The molecule has 1 saturated heterocycles. The lowest BCUT2D eigenvalue weighted by Gasteiger charge is -2.37. The van der Waals surface area contributed by atoms with E-state index in [1.54, 1.807) is 0 Å². The molecule has 1 atom stereocenters. The molecule has 0 bridgehead atoms. The Balaban J connectivity index is 1.90. The molecule has 1 aromatic rings. The van der Waals surface area contributed by atoms with Gasteiger partial charge in [-0.3, -0.25) is 4.57 Å². The van der Waals surface area contributed by atoms with E-state index in [1.165, 1.54) is 57.8 Å². The van der Waals surface area contributed by atoms with Crippen molar-refractivity contribution in [1.29, 1.82) is 0 Å². The fourth-order valence-electron chi connectivity index (χ4n) is 3.86. The van der Waals surface area contributed by atoms with Crippen molar-refractivity contribution < 1.29 is 0 Å². The van der Waals surface area contributed by atoms with Gasteiger partial charge in [0.1, 0.15) is 0 Å². The molecule has 5 heteroatoms. The molecule has 0 amide bonds. The first-order valence-corrected chi connectivity index (χ1v) is 8.65. The third kappa shape index (κ3) is 2.65. The van der Waals surface area contributed by atoms with Gasteiger partial charge in [-0.1, -0.05) is 26.2 Å². The fraction of sp³-hybridized carbons (Fsp3) is 0.867. The monoisotopic (exact) mass is 294 g/mol. The second kappa shape index (κ2) is 6.29. The zero-order valence-electron chi connectivity index (χ0n) is 12.5. The molecular formula is C15H26N4S. The first kappa shape index (κ1) is 14.1. The molecule has 3 rings (SSSR count). The van der Waals surface area contributed by atoms with Gasteiger partial charge in [0.05, 0.1) is 0 Å². The fourth-order valence-corrected chi connectivity index (χ4v) is 4.13. The summed E-state index contributed by atoms with van der Waals surface area (Å²) in [4.78, 5) is 2.50. The highest BCUT2D eigenvalue weighted by Gasteiger charge is 2.28. The molecule has 1 unspecified atom stereocenters. The first-order valence-electron chi connectivity index (χ1n) is 8.24. The number of aromatic nitrogens is 3. The minimum absolute atomic E-state index is 0.560. The van der Waals surface area contributed by atoms with Crippen molar-refractivity contribution in [3.8, 4) is 0 Å². The van der Waals surface area contributed by atoms with Crippen molar-refractivity contribution in [1.82, 2.24) is 14.8 Å². The van der Waals surface area contributed by atoms with Crippen LogP contribution in [0.2, 0.25) is 0 Å². The summed E-state index contributed by atoms with van der Waals surface area (Å²) in [5, 5.41) is 7.64. The maximum absolute atomic E-state index is 5.52. The number of nitrogens with one attached hydrogen (secondary N) is 1. The van der Waals surface area contributed by atoms with Crippen molar-refractivity contribution >= 4 is 18.2 Å². The Hall–Kier alpha value is -0.840. The van der Waals surface area contributed by atoms with E-state index in [0.717, 1.165) is 17.3 Å². The van der Waals surface area contributed by atoms with Crippen LogP contribution in [0.3, 0.4) is 0 Å². The molecular weight excluding hydrogens is 268 g/mol. The second-order valence-electron chi connectivity index (χ2n) is 6.24. The highest BCUT2D eigenvalue weighted by Crippen LogP contribution is 2.33. The van der Waals surface area contributed by atoms with Crippen LogP contribution in [0.4, 0.5) is 5.95 Å². The molecule has 4 nitrogen and oxygen atoms in total. The Labute approximate surface area is 126 Å². The van der Waals surface area contributed by atoms with Gasteiger partial charge in [0, 0.05) is 18.6 Å². The second-order valence-corrected chi connectivity index (χ2v) is 6.63. The number of aromatic amines is 1. The maximum Gasteiger partial charge on any atom is 0.226 e. The molecule has 2 fully saturated rings. The van der Waals surface area contributed by atoms with Crippen molar-refractivity contribution in [2.45, 2.75) is 76.8 Å². The zero-order chi connectivity index (χ0) is 13.9. The van der Waals surface area contributed by atoms with E-state index in [0.29, 0.717) is 12.1 Å². The molecule has 0 radical (unpaired) electrons. The number of rotatable bonds is 3. The lowest BCUT2D eigenvalue weighted by atomic mass is 9.95. The average Bonchev–Trinajstić information content (AvgIpc) is 2.89. The van der Waals surface area contributed by atoms with Crippen LogP contribution in [0.25, 0.3) is 0 Å². The van der Waals surface area contributed by atoms with Crippen LogP contribution in [0.1, 0.15) is 70.8 Å². The number of nitrogens with zero attached hydrogens (tertiary/aromatic N) is 3. The van der Waals surface area contributed by atoms with Crippen LogP contribution in [0, 0.1) is 4.77 Å². The minimum atomic E-state index is 0.560. The van der Waals surface area contributed by atoms with Gasteiger partial charge in [-0.2, -0.15) is 0 Å². The van der Waals surface area contributed by atoms with Crippen molar-refractivity contribution in [2.24, 2.45) is 0 Å². The average molecular weight is 294 g/mol. The molecule has 2 heterocycles. The lowest BCUT2D eigenvalue weighted by Crippen LogP contribution is -2.41. The summed E-state index contributed by atoms with van der Waals surface area (Å²) in [6.45, 7) is 3.42. The number of hydrogen-bond acceptors (Lipinski definition) is 3. The van der Waals surface area contributed by atoms with E-state index < -0.39 is 0 Å². The van der Waals surface area contributed by atoms with Crippen LogP contribution in [0.15, 0.2) is 0 Å². The third-order valence-corrected chi connectivity index (χ3v) is 5.27. The standard InChI is InChI=1S/C15H26N4S/c1-2-12-8-6-7-11-18(12)14-16-17-15(20)19(14)13-9-4-3-5-10-13/h12-13H,2-11H2,1H3,(H,17,20). The largest absolute Gasteiger partial charge is 0.338 e. The van der Waals surface area contributed by atoms with E-state index in [-0.39, 0.29) is 0 Å². The van der Waals surface area contributed by atoms with Crippen LogP contribution in [0.5, 0.6) is 0 Å². The van der Waals surface area contributed by atoms with Gasteiger partial charge in [0.25, 0.3) is 0 Å². The molecule has 0 spiro atoms. The summed E-state index contributed by atoms with van der Waals surface area (Å²) in [5.41, 5.74) is 0. The van der Waals surface area contributed by atoms with Crippen molar-refractivity contribution in [2.75, 3.05) is 11.4 Å². The zero-order valence-corrected chi connectivity index (χ0v) is 13.3. The van der Waals surface area contributed by atoms with E-state index in [1.807, 2.05) is 0 Å². The molecule has 112 valence electrons. The highest BCUT2D eigenvalue weighted by molar-refractivity contribution is 7.71. The van der Waals surface area contributed by atoms with Gasteiger partial charge in [-0.25, -0.2) is 5.10 Å². The third-order valence-electron chi connectivity index (χ3n) is 4.98. The predicted octanol–water partition coefficient (Wildman–Crippen LogP) is 4.21. The molecule has 2 aliphatic rings. The maximum atomic E-state index is 5.52. The number of H-pyrrole nitrogens is 1. The summed E-state index contributed by atoms with van der Waals surface area (Å²) in [7, 11) is 0. The summed E-state index contributed by atoms with van der Waals surface area (Å²) >= 11 is 5.52. The number of anilines is 1. The van der Waals surface area contributed by atoms with Gasteiger partial charge in [-0.15, -0.1) is 5.10 Å². The summed E-state index contributed by atoms with van der Waals surface area (Å²) in [6, 6.07) is 1.20.